The number of thiophene rings is 1. The number of carbonyl (C=O) groups is 2. The molecule has 3 rings (SSSR count). The van der Waals surface area contributed by atoms with E-state index in [9.17, 15) is 9.59 Å². The number of nitrogens with one attached hydrogen (secondary N) is 1. The lowest BCUT2D eigenvalue weighted by molar-refractivity contribution is -0.119. The summed E-state index contributed by atoms with van der Waals surface area (Å²) in [5.74, 6) is 0.785. The molecule has 0 bridgehead atoms. The van der Waals surface area contributed by atoms with Gasteiger partial charge in [0.05, 0.1) is 11.4 Å². The van der Waals surface area contributed by atoms with Crippen LogP contribution >= 0.6 is 11.3 Å². The summed E-state index contributed by atoms with van der Waals surface area (Å²) in [6, 6.07) is 10.6. The van der Waals surface area contributed by atoms with E-state index in [0.29, 0.717) is 23.1 Å². The molecule has 0 spiro atoms. The van der Waals surface area contributed by atoms with Gasteiger partial charge in [-0.3, -0.25) is 9.59 Å². The minimum atomic E-state index is -0.111. The van der Waals surface area contributed by atoms with Gasteiger partial charge >= 0.3 is 0 Å². The van der Waals surface area contributed by atoms with Gasteiger partial charge in [-0.25, -0.2) is 0 Å². The van der Waals surface area contributed by atoms with Crippen LogP contribution in [0.2, 0.25) is 0 Å². The van der Waals surface area contributed by atoms with Gasteiger partial charge in [-0.15, -0.1) is 21.5 Å². The van der Waals surface area contributed by atoms with Crippen LogP contribution in [0.5, 0.6) is 5.75 Å². The zero-order valence-corrected chi connectivity index (χ0v) is 14.2. The van der Waals surface area contributed by atoms with E-state index >= 15 is 0 Å². The van der Waals surface area contributed by atoms with Gasteiger partial charge in [0.15, 0.2) is 6.61 Å². The third kappa shape index (κ3) is 4.51. The zero-order valence-electron chi connectivity index (χ0n) is 13.4. The predicted octanol–water partition coefficient (Wildman–Crippen LogP) is 2.70. The van der Waals surface area contributed by atoms with Crippen LogP contribution in [0.1, 0.15) is 21.5 Å². The molecule has 0 atom stereocenters. The molecule has 0 saturated carbocycles. The highest BCUT2D eigenvalue weighted by Crippen LogP contribution is 2.21. The Balaban J connectivity index is 1.54. The van der Waals surface area contributed by atoms with Crippen molar-refractivity contribution in [3.63, 3.8) is 0 Å². The average Bonchev–Trinajstić information content (AvgIpc) is 3.30. The van der Waals surface area contributed by atoms with Crippen molar-refractivity contribution in [3.8, 4) is 17.2 Å². The van der Waals surface area contributed by atoms with Crippen LogP contribution in [0.15, 0.2) is 47.2 Å². The summed E-state index contributed by atoms with van der Waals surface area (Å²) in [4.78, 5) is 24.6. The maximum absolute atomic E-state index is 12.2. The second-order valence-corrected chi connectivity index (χ2v) is 6.32. The zero-order chi connectivity index (χ0) is 17.6. The molecule has 8 heteroatoms. The molecule has 2 aromatic heterocycles. The van der Waals surface area contributed by atoms with Crippen LogP contribution in [0, 0.1) is 0 Å². The molecular formula is C17H15N3O4S. The monoisotopic (exact) mass is 357 g/mol. The van der Waals surface area contributed by atoms with Gasteiger partial charge in [-0.05, 0) is 36.4 Å². The molecule has 1 N–H and O–H groups in total. The van der Waals surface area contributed by atoms with Gasteiger partial charge in [-0.1, -0.05) is 0 Å². The van der Waals surface area contributed by atoms with E-state index in [1.54, 1.807) is 30.3 Å². The third-order valence-electron chi connectivity index (χ3n) is 3.28. The molecule has 128 valence electrons. The third-order valence-corrected chi connectivity index (χ3v) is 4.41. The van der Waals surface area contributed by atoms with Crippen molar-refractivity contribution < 1.29 is 18.7 Å². The standard InChI is InChI=1S/C17H15N3O4S/c1-11(21)18-8-14-6-7-16(25-14)15(22)9-23-13-4-2-12(3-5-13)17-20-19-10-24-17/h2-7,10H,8-9H2,1H3,(H,18,21). The van der Waals surface area contributed by atoms with E-state index in [-0.39, 0.29) is 18.3 Å². The molecule has 0 radical (unpaired) electrons. The molecule has 7 nitrogen and oxygen atoms in total. The molecule has 0 aliphatic heterocycles. The van der Waals surface area contributed by atoms with E-state index in [1.807, 2.05) is 6.07 Å². The largest absolute Gasteiger partial charge is 0.485 e. The Morgan fingerprint density at radius 2 is 2.00 bits per heavy atom. The van der Waals surface area contributed by atoms with E-state index in [2.05, 4.69) is 15.5 Å². The Labute approximate surface area is 147 Å². The summed E-state index contributed by atoms with van der Waals surface area (Å²) < 4.78 is 10.6. The summed E-state index contributed by atoms with van der Waals surface area (Å²) >= 11 is 1.35. The topological polar surface area (TPSA) is 94.3 Å². The fourth-order valence-electron chi connectivity index (χ4n) is 2.05. The molecule has 3 aromatic rings. The summed E-state index contributed by atoms with van der Waals surface area (Å²) in [5, 5.41) is 10.1. The number of hydrogen-bond acceptors (Lipinski definition) is 7. The molecule has 0 aliphatic rings. The quantitative estimate of drug-likeness (QED) is 0.653. The Morgan fingerprint density at radius 1 is 1.20 bits per heavy atom. The first-order valence-electron chi connectivity index (χ1n) is 7.47. The normalized spacial score (nSPS) is 10.4. The highest BCUT2D eigenvalue weighted by atomic mass is 32.1. The number of rotatable bonds is 7. The number of aromatic nitrogens is 2. The number of ether oxygens (including phenoxy) is 1. The SMILES string of the molecule is CC(=O)NCc1ccc(C(=O)COc2ccc(-c3nnco3)cc2)s1. The van der Waals surface area contributed by atoms with Crippen molar-refractivity contribution in [1.82, 2.24) is 15.5 Å². The number of benzene rings is 1. The van der Waals surface area contributed by atoms with Gasteiger partial charge in [0.25, 0.3) is 0 Å². The molecule has 0 aliphatic carbocycles. The van der Waals surface area contributed by atoms with Gasteiger partial charge in [0, 0.05) is 17.4 Å². The van der Waals surface area contributed by atoms with Crippen molar-refractivity contribution in [2.75, 3.05) is 6.61 Å². The molecule has 0 fully saturated rings. The highest BCUT2D eigenvalue weighted by Gasteiger charge is 2.11. The van der Waals surface area contributed by atoms with Crippen LogP contribution in [-0.4, -0.2) is 28.5 Å². The summed E-state index contributed by atoms with van der Waals surface area (Å²) in [6.07, 6.45) is 1.26. The smallest absolute Gasteiger partial charge is 0.247 e. The maximum atomic E-state index is 12.2. The second-order valence-electron chi connectivity index (χ2n) is 5.16. The van der Waals surface area contributed by atoms with Crippen molar-refractivity contribution in [3.05, 3.63) is 52.5 Å². The average molecular weight is 357 g/mol. The van der Waals surface area contributed by atoms with E-state index < -0.39 is 0 Å². The predicted molar refractivity (Wildman–Crippen MR) is 91.4 cm³/mol. The molecule has 2 heterocycles. The van der Waals surface area contributed by atoms with Crippen LogP contribution in [-0.2, 0) is 11.3 Å². The molecule has 0 saturated heterocycles. The maximum Gasteiger partial charge on any atom is 0.247 e. The molecular weight excluding hydrogens is 342 g/mol. The first-order chi connectivity index (χ1) is 12.1. The summed E-state index contributed by atoms with van der Waals surface area (Å²) in [6.45, 7) is 1.82. The van der Waals surface area contributed by atoms with E-state index in [4.69, 9.17) is 9.15 Å². The highest BCUT2D eigenvalue weighted by molar-refractivity contribution is 7.14. The number of ketones is 1. The Bertz CT molecular complexity index is 856. The lowest BCUT2D eigenvalue weighted by Gasteiger charge is -2.05. The molecule has 25 heavy (non-hydrogen) atoms. The summed E-state index contributed by atoms with van der Waals surface area (Å²) in [5.41, 5.74) is 0.775. The number of hydrogen-bond donors (Lipinski definition) is 1. The number of nitrogens with zero attached hydrogens (tertiary/aromatic N) is 2. The van der Waals surface area contributed by atoms with E-state index in [0.717, 1.165) is 10.4 Å². The van der Waals surface area contributed by atoms with Crippen LogP contribution in [0.3, 0.4) is 0 Å². The van der Waals surface area contributed by atoms with Crippen molar-refractivity contribution in [1.29, 1.82) is 0 Å². The Morgan fingerprint density at radius 3 is 2.68 bits per heavy atom. The Hall–Kier alpha value is -3.00. The van der Waals surface area contributed by atoms with E-state index in [1.165, 1.54) is 24.7 Å². The number of amides is 1. The van der Waals surface area contributed by atoms with Crippen LogP contribution in [0.4, 0.5) is 0 Å². The van der Waals surface area contributed by atoms with Crippen LogP contribution < -0.4 is 10.1 Å². The number of carbonyl (C=O) groups excluding carboxylic acids is 2. The van der Waals surface area contributed by atoms with Crippen molar-refractivity contribution >= 4 is 23.0 Å². The Kier molecular flexibility index (Phi) is 5.20. The first-order valence-corrected chi connectivity index (χ1v) is 8.29. The summed E-state index contributed by atoms with van der Waals surface area (Å²) in [7, 11) is 0. The second kappa shape index (κ2) is 7.71. The van der Waals surface area contributed by atoms with Crippen molar-refractivity contribution in [2.45, 2.75) is 13.5 Å². The van der Waals surface area contributed by atoms with Gasteiger partial charge in [0.1, 0.15) is 5.75 Å². The molecule has 1 amide bonds. The molecule has 1 aromatic carbocycles. The fraction of sp³-hybridized carbons (Fsp3) is 0.176. The van der Waals surface area contributed by atoms with Crippen LogP contribution in [0.25, 0.3) is 11.5 Å². The minimum Gasteiger partial charge on any atom is -0.485 e. The minimum absolute atomic E-state index is 0.0556. The number of Topliss-reactive ketones (excluding diaryl/α,β-unsaturated/α-hetero) is 1. The molecule has 0 unspecified atom stereocenters. The van der Waals surface area contributed by atoms with Gasteiger partial charge < -0.3 is 14.5 Å². The first kappa shape index (κ1) is 16.8. The lowest BCUT2D eigenvalue weighted by Crippen LogP contribution is -2.18. The fourth-order valence-corrected chi connectivity index (χ4v) is 2.92. The van der Waals surface area contributed by atoms with Gasteiger partial charge in [0.2, 0.25) is 24.0 Å². The van der Waals surface area contributed by atoms with Gasteiger partial charge in [-0.2, -0.15) is 0 Å². The lowest BCUT2D eigenvalue weighted by atomic mass is 10.2. The van der Waals surface area contributed by atoms with Crippen molar-refractivity contribution in [2.24, 2.45) is 0 Å².